The molecule has 1 aromatic heterocycles. The molecule has 22 nitrogen and oxygen atoms in total. The first-order valence-electron chi connectivity index (χ1n) is 20.3. The van der Waals surface area contributed by atoms with E-state index in [1.54, 1.807) is 39.0 Å². The van der Waals surface area contributed by atoms with E-state index >= 15 is 0 Å². The number of benzene rings is 2. The average Bonchev–Trinajstić information content (AvgIpc) is 3.71. The quantitative estimate of drug-likeness (QED) is 0.0312. The first kappa shape index (κ1) is 51.4. The number of nitrogens with zero attached hydrogens (tertiary/aromatic N) is 2. The molecular formula is C44H52N6O16. The van der Waals surface area contributed by atoms with Crippen molar-refractivity contribution in [2.75, 3.05) is 66.9 Å². The highest BCUT2D eigenvalue weighted by Gasteiger charge is 2.40. The van der Waals surface area contributed by atoms with E-state index in [4.69, 9.17) is 33.2 Å². The number of rotatable bonds is 21. The van der Waals surface area contributed by atoms with Crippen molar-refractivity contribution in [3.8, 4) is 17.6 Å². The Kier molecular flexibility index (Phi) is 19.3. The molecule has 3 aromatic rings. The van der Waals surface area contributed by atoms with Crippen molar-refractivity contribution >= 4 is 42.3 Å². The van der Waals surface area contributed by atoms with E-state index in [9.17, 15) is 43.5 Å². The third-order valence-electron chi connectivity index (χ3n) is 9.30. The summed E-state index contributed by atoms with van der Waals surface area (Å²) in [5.74, 6) is 2.00. The van der Waals surface area contributed by atoms with E-state index in [1.807, 2.05) is 0 Å². The fraction of sp³-hybridized carbons (Fsp3) is 0.432. The van der Waals surface area contributed by atoms with Gasteiger partial charge in [0.2, 0.25) is 5.91 Å². The molecule has 1 aliphatic heterocycles. The van der Waals surface area contributed by atoms with Crippen LogP contribution in [0.5, 0.6) is 5.75 Å². The van der Waals surface area contributed by atoms with Gasteiger partial charge in [-0.3, -0.25) is 38.5 Å². The fourth-order valence-corrected chi connectivity index (χ4v) is 5.84. The Hall–Kier alpha value is -7.19. The number of aliphatic hydroxyl groups is 1. The zero-order valence-electron chi connectivity index (χ0n) is 37.0. The Morgan fingerprint density at radius 2 is 1.59 bits per heavy atom. The van der Waals surface area contributed by atoms with Crippen molar-refractivity contribution in [3.63, 3.8) is 0 Å². The van der Waals surface area contributed by atoms with Crippen molar-refractivity contribution in [1.82, 2.24) is 25.5 Å². The maximum atomic E-state index is 12.8. The number of carbonyl (C=O) groups is 6. The second-order valence-electron chi connectivity index (χ2n) is 15.2. The second kappa shape index (κ2) is 24.8. The van der Waals surface area contributed by atoms with Crippen LogP contribution in [0.25, 0.3) is 0 Å². The predicted octanol–water partition coefficient (Wildman–Crippen LogP) is 0.114. The van der Waals surface area contributed by atoms with E-state index in [1.165, 1.54) is 30.5 Å². The molecule has 1 fully saturated rings. The molecule has 3 amide bonds. The molecule has 0 bridgehead atoms. The molecule has 4 rings (SSSR count). The smallest absolute Gasteiger partial charge is 0.337 e. The lowest BCUT2D eigenvalue weighted by Crippen LogP contribution is -2.34. The molecular weight excluding hydrogens is 869 g/mol. The monoisotopic (exact) mass is 920 g/mol. The SMILES string of the molecule is C=NC(COc1cccc(C(=O)NCCNC(=O)c2cc(C(=O)OC)cc(C(=O)OC)c2)c1)OCCOCC(=O)NCC#Cc1cn([C@H]2C[C@H](OC(=O)C(C)(C)C)[C@@H](CO)O2)c(=O)[nH]c1=O. The average molecular weight is 921 g/mol. The molecule has 2 heterocycles. The zero-order chi connectivity index (χ0) is 48.4. The number of methoxy groups -OCH3 is 2. The van der Waals surface area contributed by atoms with Gasteiger partial charge >= 0.3 is 23.6 Å². The number of aliphatic imine (C=N–C) groups is 1. The topological polar surface area (TPSA) is 291 Å². The highest BCUT2D eigenvalue weighted by molar-refractivity contribution is 6.02. The van der Waals surface area contributed by atoms with Gasteiger partial charge in [0, 0.05) is 36.8 Å². The van der Waals surface area contributed by atoms with Gasteiger partial charge < -0.3 is 54.2 Å². The standard InChI is InChI=1S/C44H52N6O16/c1-44(2,3)42(58)66-32-21-36(65-33(32)23-51)50-22-27(39(55)49-43(50)59)10-8-12-46-34(52)24-62-15-16-63-35(45-4)25-64-31-11-7-9-26(20-31)37(53)47-13-14-48-38(54)28-17-29(40(56)60-5)19-30(18-28)41(57)61-6/h7,9,11,17-20,22,32-33,35-36,51H,4,12-16,21,23-25H2,1-3,5-6H3,(H,46,52)(H,47,53)(H,48,54)(H,49,55,59)/t32-,33+,35?,36+/m0/s1. The highest BCUT2D eigenvalue weighted by atomic mass is 16.6. The van der Waals surface area contributed by atoms with Gasteiger partial charge in [0.25, 0.3) is 17.4 Å². The van der Waals surface area contributed by atoms with Crippen molar-refractivity contribution < 1.29 is 67.0 Å². The highest BCUT2D eigenvalue weighted by Crippen LogP contribution is 2.31. The molecule has 22 heteroatoms. The van der Waals surface area contributed by atoms with Crippen LogP contribution in [-0.4, -0.2) is 142 Å². The van der Waals surface area contributed by atoms with Crippen LogP contribution in [-0.2, 0) is 38.0 Å². The lowest BCUT2D eigenvalue weighted by atomic mass is 9.97. The molecule has 0 aliphatic carbocycles. The van der Waals surface area contributed by atoms with Gasteiger partial charge in [-0.05, 0) is 63.9 Å². The van der Waals surface area contributed by atoms with Crippen LogP contribution in [0.3, 0.4) is 0 Å². The number of aromatic nitrogens is 2. The third kappa shape index (κ3) is 15.2. The van der Waals surface area contributed by atoms with Crippen LogP contribution < -0.4 is 31.9 Å². The first-order valence-corrected chi connectivity index (χ1v) is 20.3. The predicted molar refractivity (Wildman–Crippen MR) is 232 cm³/mol. The van der Waals surface area contributed by atoms with Crippen molar-refractivity contribution in [2.45, 2.75) is 51.9 Å². The van der Waals surface area contributed by atoms with Gasteiger partial charge in [-0.25, -0.2) is 14.4 Å². The minimum Gasteiger partial charge on any atom is -0.489 e. The molecule has 66 heavy (non-hydrogen) atoms. The van der Waals surface area contributed by atoms with E-state index in [0.29, 0.717) is 5.75 Å². The van der Waals surface area contributed by atoms with Crippen LogP contribution in [0.4, 0.5) is 0 Å². The summed E-state index contributed by atoms with van der Waals surface area (Å²) >= 11 is 0. The molecule has 0 radical (unpaired) electrons. The minimum atomic E-state index is -0.959. The largest absolute Gasteiger partial charge is 0.489 e. The maximum Gasteiger partial charge on any atom is 0.337 e. The lowest BCUT2D eigenvalue weighted by Gasteiger charge is -2.22. The maximum absolute atomic E-state index is 12.8. The zero-order valence-corrected chi connectivity index (χ0v) is 37.0. The number of amides is 3. The molecule has 0 spiro atoms. The number of nitrogens with one attached hydrogen (secondary N) is 4. The van der Waals surface area contributed by atoms with E-state index in [2.05, 4.69) is 44.5 Å². The summed E-state index contributed by atoms with van der Waals surface area (Å²) in [5, 5.41) is 17.6. The van der Waals surface area contributed by atoms with Crippen LogP contribution in [0.1, 0.15) is 80.4 Å². The Morgan fingerprint density at radius 3 is 2.21 bits per heavy atom. The normalized spacial score (nSPS) is 15.8. The number of esters is 3. The summed E-state index contributed by atoms with van der Waals surface area (Å²) in [7, 11) is 2.33. The molecule has 1 saturated heterocycles. The number of ether oxygens (including phenoxy) is 7. The van der Waals surface area contributed by atoms with Crippen molar-refractivity contribution in [2.24, 2.45) is 10.4 Å². The van der Waals surface area contributed by atoms with Gasteiger partial charge in [-0.15, -0.1) is 0 Å². The molecule has 1 unspecified atom stereocenters. The summed E-state index contributed by atoms with van der Waals surface area (Å²) in [6.07, 6.45) is -2.26. The molecule has 354 valence electrons. The molecule has 5 N–H and O–H groups in total. The fourth-order valence-electron chi connectivity index (χ4n) is 5.84. The molecule has 0 saturated carbocycles. The van der Waals surface area contributed by atoms with Gasteiger partial charge in [0.1, 0.15) is 43.0 Å². The van der Waals surface area contributed by atoms with Crippen molar-refractivity contribution in [1.29, 1.82) is 0 Å². The Balaban J connectivity index is 1.15. The summed E-state index contributed by atoms with van der Waals surface area (Å²) < 4.78 is 38.4. The third-order valence-corrected chi connectivity index (χ3v) is 9.30. The summed E-state index contributed by atoms with van der Waals surface area (Å²) in [6.45, 7) is 7.57. The summed E-state index contributed by atoms with van der Waals surface area (Å²) in [6, 6.07) is 10.1. The lowest BCUT2D eigenvalue weighted by molar-refractivity contribution is -0.162. The Labute approximate surface area is 378 Å². The van der Waals surface area contributed by atoms with E-state index in [0.717, 1.165) is 18.8 Å². The van der Waals surface area contributed by atoms with Crippen molar-refractivity contribution in [3.05, 3.63) is 97.3 Å². The van der Waals surface area contributed by atoms with Crippen LogP contribution in [0.2, 0.25) is 0 Å². The number of H-pyrrole nitrogens is 1. The molecule has 1 aliphatic rings. The number of aliphatic hydroxyl groups excluding tert-OH is 1. The molecule has 4 atom stereocenters. The van der Waals surface area contributed by atoms with Gasteiger partial charge in [0.05, 0.1) is 57.1 Å². The number of hydrogen-bond acceptors (Lipinski definition) is 17. The van der Waals surface area contributed by atoms with E-state index in [-0.39, 0.29) is 80.3 Å². The van der Waals surface area contributed by atoms with Crippen LogP contribution >= 0.6 is 0 Å². The Morgan fingerprint density at radius 1 is 0.939 bits per heavy atom. The van der Waals surface area contributed by atoms with E-state index < -0.39 is 83.6 Å². The Bertz CT molecular complexity index is 2400. The second-order valence-corrected chi connectivity index (χ2v) is 15.2. The van der Waals surface area contributed by atoms with Crippen LogP contribution in [0.15, 0.2) is 63.2 Å². The van der Waals surface area contributed by atoms with Gasteiger partial charge in [-0.2, -0.15) is 0 Å². The van der Waals surface area contributed by atoms with Gasteiger partial charge in [-0.1, -0.05) is 17.9 Å². The molecule has 2 aromatic carbocycles. The summed E-state index contributed by atoms with van der Waals surface area (Å²) in [4.78, 5) is 105. The van der Waals surface area contributed by atoms with Crippen LogP contribution in [0, 0.1) is 17.3 Å². The van der Waals surface area contributed by atoms with Gasteiger partial charge in [0.15, 0.2) is 6.23 Å². The number of carbonyl (C=O) groups excluding carboxylic acids is 6. The first-order chi connectivity index (χ1) is 31.5. The minimum absolute atomic E-state index is 0.00317. The number of hydrogen-bond donors (Lipinski definition) is 5. The summed E-state index contributed by atoms with van der Waals surface area (Å²) in [5.41, 5.74) is -2.21. The number of aromatic amines is 1.